The third kappa shape index (κ3) is 6.66. The highest BCUT2D eigenvalue weighted by molar-refractivity contribution is 9.10. The number of guanidine groups is 1. The van der Waals surface area contributed by atoms with Gasteiger partial charge in [-0.05, 0) is 43.0 Å². The number of hydrogen-bond donors (Lipinski definition) is 2. The van der Waals surface area contributed by atoms with Crippen LogP contribution in [0.25, 0.3) is 0 Å². The van der Waals surface area contributed by atoms with Gasteiger partial charge < -0.3 is 20.3 Å². The number of amides is 1. The maximum atomic E-state index is 11.8. The quantitative estimate of drug-likeness (QED) is 0.556. The van der Waals surface area contributed by atoms with Crippen molar-refractivity contribution in [3.8, 4) is 0 Å². The fraction of sp³-hybridized carbons (Fsp3) is 0.556. The molecule has 1 unspecified atom stereocenters. The summed E-state index contributed by atoms with van der Waals surface area (Å²) in [5.74, 6) is 0.638. The molecule has 138 valence electrons. The Morgan fingerprint density at radius 1 is 1.40 bits per heavy atom. The Balaban J connectivity index is 1.98. The Labute approximate surface area is 158 Å². The number of halogens is 1. The molecule has 1 fully saturated rings. The summed E-state index contributed by atoms with van der Waals surface area (Å²) >= 11 is 3.48. The van der Waals surface area contributed by atoms with Gasteiger partial charge in [0.05, 0.1) is 19.2 Å². The van der Waals surface area contributed by atoms with Crippen molar-refractivity contribution in [2.24, 2.45) is 4.99 Å². The van der Waals surface area contributed by atoms with E-state index in [0.29, 0.717) is 19.0 Å². The third-order valence-corrected chi connectivity index (χ3v) is 4.63. The van der Waals surface area contributed by atoms with Gasteiger partial charge in [0.25, 0.3) is 0 Å². The zero-order valence-corrected chi connectivity index (χ0v) is 16.7. The lowest BCUT2D eigenvalue weighted by molar-refractivity contribution is -0.127. The van der Waals surface area contributed by atoms with Crippen molar-refractivity contribution in [3.63, 3.8) is 0 Å². The molecule has 0 spiro atoms. The lowest BCUT2D eigenvalue weighted by Gasteiger charge is -2.17. The lowest BCUT2D eigenvalue weighted by atomic mass is 10.1. The summed E-state index contributed by atoms with van der Waals surface area (Å²) in [7, 11) is 3.48. The van der Waals surface area contributed by atoms with Crippen LogP contribution < -0.4 is 10.6 Å². The highest BCUT2D eigenvalue weighted by Crippen LogP contribution is 2.16. The molecule has 0 bridgehead atoms. The van der Waals surface area contributed by atoms with Gasteiger partial charge >= 0.3 is 0 Å². The van der Waals surface area contributed by atoms with E-state index in [4.69, 9.17) is 4.74 Å². The number of benzene rings is 1. The number of nitrogens with zero attached hydrogens (tertiary/aromatic N) is 2. The van der Waals surface area contributed by atoms with Gasteiger partial charge in [0.2, 0.25) is 5.91 Å². The van der Waals surface area contributed by atoms with Gasteiger partial charge in [-0.2, -0.15) is 0 Å². The molecule has 2 rings (SSSR count). The molecule has 6 nitrogen and oxygen atoms in total. The van der Waals surface area contributed by atoms with Crippen molar-refractivity contribution >= 4 is 27.8 Å². The Morgan fingerprint density at radius 2 is 2.20 bits per heavy atom. The van der Waals surface area contributed by atoms with E-state index in [1.165, 1.54) is 5.56 Å². The summed E-state index contributed by atoms with van der Waals surface area (Å²) in [4.78, 5) is 18.0. The van der Waals surface area contributed by atoms with Crippen LogP contribution in [0.1, 0.15) is 24.0 Å². The SMILES string of the molecule is Cc1cc(Br)ccc1CN=C(NCC(=O)N(C)C)NCC1CCCO1. The molecule has 1 amide bonds. The van der Waals surface area contributed by atoms with Crippen molar-refractivity contribution in [1.29, 1.82) is 0 Å². The summed E-state index contributed by atoms with van der Waals surface area (Å²) in [5, 5.41) is 6.40. The third-order valence-electron chi connectivity index (χ3n) is 4.14. The van der Waals surface area contributed by atoms with Crippen LogP contribution in [0.5, 0.6) is 0 Å². The number of ether oxygens (including phenoxy) is 1. The first-order chi connectivity index (χ1) is 12.0. The molecular formula is C18H27BrN4O2. The zero-order valence-electron chi connectivity index (χ0n) is 15.1. The molecule has 1 saturated heterocycles. The topological polar surface area (TPSA) is 66.0 Å². The Morgan fingerprint density at radius 3 is 2.84 bits per heavy atom. The molecule has 1 aliphatic rings. The maximum Gasteiger partial charge on any atom is 0.241 e. The average molecular weight is 411 g/mol. The number of likely N-dealkylation sites (N-methyl/N-ethyl adjacent to an activating group) is 1. The first-order valence-electron chi connectivity index (χ1n) is 8.54. The van der Waals surface area contributed by atoms with Gasteiger partial charge in [-0.25, -0.2) is 4.99 Å². The summed E-state index contributed by atoms with van der Waals surface area (Å²) in [6.45, 7) is 4.35. The van der Waals surface area contributed by atoms with E-state index in [2.05, 4.69) is 50.6 Å². The molecule has 0 radical (unpaired) electrons. The van der Waals surface area contributed by atoms with E-state index >= 15 is 0 Å². The highest BCUT2D eigenvalue weighted by Gasteiger charge is 2.16. The lowest BCUT2D eigenvalue weighted by Crippen LogP contribution is -2.45. The van der Waals surface area contributed by atoms with Gasteiger partial charge in [0, 0.05) is 31.7 Å². The smallest absolute Gasteiger partial charge is 0.241 e. The van der Waals surface area contributed by atoms with Gasteiger partial charge in [-0.3, -0.25) is 4.79 Å². The number of nitrogens with one attached hydrogen (secondary N) is 2. The molecule has 1 heterocycles. The minimum Gasteiger partial charge on any atom is -0.376 e. The predicted octanol–water partition coefficient (Wildman–Crippen LogP) is 2.06. The molecule has 1 aliphatic heterocycles. The summed E-state index contributed by atoms with van der Waals surface area (Å²) < 4.78 is 6.70. The fourth-order valence-electron chi connectivity index (χ4n) is 2.51. The van der Waals surface area contributed by atoms with E-state index in [1.807, 2.05) is 6.07 Å². The van der Waals surface area contributed by atoms with Crippen LogP contribution in [0.3, 0.4) is 0 Å². The van der Waals surface area contributed by atoms with Crippen molar-refractivity contribution in [1.82, 2.24) is 15.5 Å². The molecular weight excluding hydrogens is 384 g/mol. The number of carbonyl (C=O) groups is 1. The highest BCUT2D eigenvalue weighted by atomic mass is 79.9. The van der Waals surface area contributed by atoms with E-state index in [1.54, 1.807) is 19.0 Å². The van der Waals surface area contributed by atoms with Crippen LogP contribution in [0.15, 0.2) is 27.7 Å². The Kier molecular flexibility index (Phi) is 7.71. The molecule has 1 aromatic rings. The molecule has 2 N–H and O–H groups in total. The molecule has 1 aromatic carbocycles. The van der Waals surface area contributed by atoms with Crippen LogP contribution in [0.4, 0.5) is 0 Å². The van der Waals surface area contributed by atoms with Crippen molar-refractivity contribution in [2.45, 2.75) is 32.4 Å². The van der Waals surface area contributed by atoms with E-state index in [-0.39, 0.29) is 18.6 Å². The zero-order chi connectivity index (χ0) is 18.2. The molecule has 1 atom stereocenters. The second kappa shape index (κ2) is 9.77. The molecule has 0 saturated carbocycles. The molecule has 7 heteroatoms. The first kappa shape index (κ1) is 19.7. The van der Waals surface area contributed by atoms with Crippen molar-refractivity contribution in [2.75, 3.05) is 33.8 Å². The molecule has 0 aromatic heterocycles. The molecule has 25 heavy (non-hydrogen) atoms. The Hall–Kier alpha value is -1.60. The number of rotatable bonds is 6. The predicted molar refractivity (Wildman–Crippen MR) is 104 cm³/mol. The van der Waals surface area contributed by atoms with Gasteiger partial charge in [-0.1, -0.05) is 22.0 Å². The van der Waals surface area contributed by atoms with Crippen LogP contribution >= 0.6 is 15.9 Å². The van der Waals surface area contributed by atoms with Crippen LogP contribution in [0, 0.1) is 6.92 Å². The van der Waals surface area contributed by atoms with Gasteiger partial charge in [0.15, 0.2) is 5.96 Å². The second-order valence-corrected chi connectivity index (χ2v) is 7.31. The minimum atomic E-state index is 0.00596. The normalized spacial score (nSPS) is 17.4. The monoisotopic (exact) mass is 410 g/mol. The Bertz CT molecular complexity index is 613. The number of hydrogen-bond acceptors (Lipinski definition) is 3. The summed E-state index contributed by atoms with van der Waals surface area (Å²) in [6, 6.07) is 6.15. The van der Waals surface area contributed by atoms with Crippen LogP contribution in [-0.2, 0) is 16.1 Å². The average Bonchev–Trinajstić information content (AvgIpc) is 3.08. The van der Waals surface area contributed by atoms with E-state index in [9.17, 15) is 4.79 Å². The number of aryl methyl sites for hydroxylation is 1. The van der Waals surface area contributed by atoms with Crippen molar-refractivity contribution < 1.29 is 9.53 Å². The standard InChI is InChI=1S/C18H27BrN4O2/c1-13-9-15(19)7-6-14(13)10-20-18(22-12-17(24)23(2)3)21-11-16-5-4-8-25-16/h6-7,9,16H,4-5,8,10-12H2,1-3H3,(H2,20,21,22). The second-order valence-electron chi connectivity index (χ2n) is 6.39. The van der Waals surface area contributed by atoms with Crippen LogP contribution in [0.2, 0.25) is 0 Å². The summed E-state index contributed by atoms with van der Waals surface area (Å²) in [6.07, 6.45) is 2.37. The van der Waals surface area contributed by atoms with E-state index < -0.39 is 0 Å². The van der Waals surface area contributed by atoms with Crippen molar-refractivity contribution in [3.05, 3.63) is 33.8 Å². The largest absolute Gasteiger partial charge is 0.376 e. The van der Waals surface area contributed by atoms with Crippen LogP contribution in [-0.4, -0.2) is 56.7 Å². The fourth-order valence-corrected chi connectivity index (χ4v) is 2.98. The number of aliphatic imine (C=N–C) groups is 1. The van der Waals surface area contributed by atoms with Gasteiger partial charge in [-0.15, -0.1) is 0 Å². The number of carbonyl (C=O) groups excluding carboxylic acids is 1. The first-order valence-corrected chi connectivity index (χ1v) is 9.34. The summed E-state index contributed by atoms with van der Waals surface area (Å²) in [5.41, 5.74) is 2.33. The van der Waals surface area contributed by atoms with E-state index in [0.717, 1.165) is 29.5 Å². The maximum absolute atomic E-state index is 11.8. The van der Waals surface area contributed by atoms with Gasteiger partial charge in [0.1, 0.15) is 0 Å². The molecule has 0 aliphatic carbocycles. The minimum absolute atomic E-state index is 0.00596.